The van der Waals surface area contributed by atoms with Crippen molar-refractivity contribution in [1.82, 2.24) is 10.2 Å². The second-order valence-corrected chi connectivity index (χ2v) is 6.10. The molecule has 0 bridgehead atoms. The molecule has 0 heterocycles. The number of benzene rings is 1. The molecule has 0 aliphatic rings. The van der Waals surface area contributed by atoms with Crippen molar-refractivity contribution < 1.29 is 4.79 Å². The maximum Gasteiger partial charge on any atom is 0.251 e. The lowest BCUT2D eigenvalue weighted by molar-refractivity contribution is 0.0951. The third-order valence-corrected chi connectivity index (χ3v) is 3.91. The van der Waals surface area contributed by atoms with Crippen molar-refractivity contribution in [3.05, 3.63) is 34.9 Å². The molecule has 1 aromatic rings. The largest absolute Gasteiger partial charge is 0.352 e. The van der Waals surface area contributed by atoms with Crippen LogP contribution in [0.1, 0.15) is 56.3 Å². The van der Waals surface area contributed by atoms with Crippen LogP contribution < -0.4 is 5.32 Å². The van der Waals surface area contributed by atoms with Gasteiger partial charge in [0, 0.05) is 17.1 Å². The number of unbranched alkanes of at least 4 members (excludes halogenated alkanes) is 2. The van der Waals surface area contributed by atoms with Gasteiger partial charge >= 0.3 is 0 Å². The number of amides is 1. The molecule has 1 rings (SSSR count). The fourth-order valence-electron chi connectivity index (χ4n) is 2.34. The summed E-state index contributed by atoms with van der Waals surface area (Å²) in [5.74, 6) is -0.0452. The second-order valence-electron chi connectivity index (χ2n) is 5.67. The molecule has 0 spiro atoms. The van der Waals surface area contributed by atoms with Crippen molar-refractivity contribution in [2.75, 3.05) is 26.2 Å². The number of halogens is 1. The van der Waals surface area contributed by atoms with Crippen LogP contribution in [0.5, 0.6) is 0 Å². The first-order valence-electron chi connectivity index (χ1n) is 8.43. The molecule has 1 N–H and O–H groups in total. The third-order valence-electron chi connectivity index (χ3n) is 3.68. The molecule has 1 amide bonds. The molecule has 0 fully saturated rings. The van der Waals surface area contributed by atoms with E-state index in [1.165, 1.54) is 38.8 Å². The number of rotatable bonds is 11. The van der Waals surface area contributed by atoms with Crippen LogP contribution in [-0.2, 0) is 0 Å². The van der Waals surface area contributed by atoms with E-state index in [-0.39, 0.29) is 5.91 Å². The van der Waals surface area contributed by atoms with Gasteiger partial charge in [-0.3, -0.25) is 4.79 Å². The molecular weight excluding hydrogens is 296 g/mol. The highest BCUT2D eigenvalue weighted by Gasteiger charge is 2.06. The molecule has 0 saturated heterocycles. The van der Waals surface area contributed by atoms with Gasteiger partial charge in [-0.1, -0.05) is 44.4 Å². The van der Waals surface area contributed by atoms with Crippen LogP contribution in [0.2, 0.25) is 5.02 Å². The van der Waals surface area contributed by atoms with E-state index in [9.17, 15) is 4.79 Å². The Bertz CT molecular complexity index is 429. The topological polar surface area (TPSA) is 32.3 Å². The van der Waals surface area contributed by atoms with Crippen LogP contribution in [0.3, 0.4) is 0 Å². The lowest BCUT2D eigenvalue weighted by atomic mass is 10.2. The summed E-state index contributed by atoms with van der Waals surface area (Å²) < 4.78 is 0. The zero-order valence-corrected chi connectivity index (χ0v) is 14.7. The third kappa shape index (κ3) is 7.81. The Morgan fingerprint density at radius 3 is 2.32 bits per heavy atom. The molecular formula is C18H29ClN2O. The predicted octanol–water partition coefficient (Wildman–Crippen LogP) is 4.36. The van der Waals surface area contributed by atoms with Gasteiger partial charge in [-0.05, 0) is 57.1 Å². The standard InChI is InChI=1S/C18H29ClN2O/c1-3-5-12-21(13-6-4-2)14-8-11-20-18(22)16-9-7-10-17(19)15-16/h7,9-10,15H,3-6,8,11-14H2,1-2H3,(H,20,22). The van der Waals surface area contributed by atoms with E-state index in [1.807, 2.05) is 0 Å². The quantitative estimate of drug-likeness (QED) is 0.613. The molecule has 0 unspecified atom stereocenters. The molecule has 0 aliphatic carbocycles. The summed E-state index contributed by atoms with van der Waals surface area (Å²) in [4.78, 5) is 14.5. The highest BCUT2D eigenvalue weighted by atomic mass is 35.5. The molecule has 0 saturated carbocycles. The molecule has 1 aromatic carbocycles. The van der Waals surface area contributed by atoms with Crippen LogP contribution in [-0.4, -0.2) is 37.0 Å². The molecule has 0 aromatic heterocycles. The minimum absolute atomic E-state index is 0.0452. The number of carbonyl (C=O) groups excluding carboxylic acids is 1. The second kappa shape index (κ2) is 11.5. The molecule has 0 atom stereocenters. The van der Waals surface area contributed by atoms with Gasteiger partial charge in [-0.25, -0.2) is 0 Å². The van der Waals surface area contributed by atoms with E-state index in [1.54, 1.807) is 24.3 Å². The molecule has 124 valence electrons. The molecule has 22 heavy (non-hydrogen) atoms. The van der Waals surface area contributed by atoms with Crippen molar-refractivity contribution in [3.63, 3.8) is 0 Å². The Morgan fingerprint density at radius 2 is 1.73 bits per heavy atom. The highest BCUT2D eigenvalue weighted by Crippen LogP contribution is 2.10. The molecule has 3 nitrogen and oxygen atoms in total. The van der Waals surface area contributed by atoms with Crippen molar-refractivity contribution >= 4 is 17.5 Å². The Hall–Kier alpha value is -1.06. The lowest BCUT2D eigenvalue weighted by Gasteiger charge is -2.21. The maximum absolute atomic E-state index is 12.0. The first-order chi connectivity index (χ1) is 10.7. The number of hydrogen-bond donors (Lipinski definition) is 1. The molecule has 0 radical (unpaired) electrons. The normalized spacial score (nSPS) is 10.9. The number of nitrogens with one attached hydrogen (secondary N) is 1. The smallest absolute Gasteiger partial charge is 0.251 e. The van der Waals surface area contributed by atoms with Crippen LogP contribution in [0.4, 0.5) is 0 Å². The Balaban J connectivity index is 2.28. The van der Waals surface area contributed by atoms with Gasteiger partial charge in [-0.2, -0.15) is 0 Å². The van der Waals surface area contributed by atoms with E-state index in [2.05, 4.69) is 24.1 Å². The first-order valence-corrected chi connectivity index (χ1v) is 8.81. The van der Waals surface area contributed by atoms with Gasteiger partial charge in [0.2, 0.25) is 0 Å². The van der Waals surface area contributed by atoms with Gasteiger partial charge in [0.05, 0.1) is 0 Å². The summed E-state index contributed by atoms with van der Waals surface area (Å²) in [5.41, 5.74) is 0.626. The number of carbonyl (C=O) groups is 1. The Kier molecular flexibility index (Phi) is 9.93. The monoisotopic (exact) mass is 324 g/mol. The summed E-state index contributed by atoms with van der Waals surface area (Å²) in [5, 5.41) is 3.56. The van der Waals surface area contributed by atoms with Crippen LogP contribution in [0.25, 0.3) is 0 Å². The van der Waals surface area contributed by atoms with Gasteiger partial charge in [0.1, 0.15) is 0 Å². The summed E-state index contributed by atoms with van der Waals surface area (Å²) in [6, 6.07) is 7.06. The average Bonchev–Trinajstić information content (AvgIpc) is 2.53. The van der Waals surface area contributed by atoms with Crippen LogP contribution in [0, 0.1) is 0 Å². The van der Waals surface area contributed by atoms with Gasteiger partial charge in [-0.15, -0.1) is 0 Å². The van der Waals surface area contributed by atoms with Crippen molar-refractivity contribution in [2.24, 2.45) is 0 Å². The Morgan fingerprint density at radius 1 is 1.09 bits per heavy atom. The average molecular weight is 325 g/mol. The highest BCUT2D eigenvalue weighted by molar-refractivity contribution is 6.30. The molecule has 0 aliphatic heterocycles. The van der Waals surface area contributed by atoms with E-state index >= 15 is 0 Å². The zero-order valence-electron chi connectivity index (χ0n) is 13.9. The lowest BCUT2D eigenvalue weighted by Crippen LogP contribution is -2.31. The van der Waals surface area contributed by atoms with Gasteiger partial charge < -0.3 is 10.2 Å². The predicted molar refractivity (Wildman–Crippen MR) is 94.7 cm³/mol. The van der Waals surface area contributed by atoms with Crippen molar-refractivity contribution in [1.29, 1.82) is 0 Å². The number of nitrogens with zero attached hydrogens (tertiary/aromatic N) is 1. The minimum Gasteiger partial charge on any atom is -0.352 e. The zero-order chi connectivity index (χ0) is 16.2. The van der Waals surface area contributed by atoms with Crippen LogP contribution >= 0.6 is 11.6 Å². The van der Waals surface area contributed by atoms with Gasteiger partial charge in [0.15, 0.2) is 0 Å². The SMILES string of the molecule is CCCCN(CCCC)CCCNC(=O)c1cccc(Cl)c1. The molecule has 4 heteroatoms. The fraction of sp³-hybridized carbons (Fsp3) is 0.611. The summed E-state index contributed by atoms with van der Waals surface area (Å²) >= 11 is 5.90. The fourth-order valence-corrected chi connectivity index (χ4v) is 2.53. The summed E-state index contributed by atoms with van der Waals surface area (Å²) in [6.07, 6.45) is 5.94. The van der Waals surface area contributed by atoms with Crippen molar-refractivity contribution in [2.45, 2.75) is 46.0 Å². The first kappa shape index (κ1) is 19.0. The van der Waals surface area contributed by atoms with Crippen molar-refractivity contribution in [3.8, 4) is 0 Å². The summed E-state index contributed by atoms with van der Waals surface area (Å²) in [6.45, 7) is 8.54. The van der Waals surface area contributed by atoms with E-state index in [0.717, 1.165) is 13.0 Å². The number of hydrogen-bond acceptors (Lipinski definition) is 2. The van der Waals surface area contributed by atoms with E-state index in [4.69, 9.17) is 11.6 Å². The minimum atomic E-state index is -0.0452. The van der Waals surface area contributed by atoms with Crippen LogP contribution in [0.15, 0.2) is 24.3 Å². The van der Waals surface area contributed by atoms with Gasteiger partial charge in [0.25, 0.3) is 5.91 Å². The van der Waals surface area contributed by atoms with E-state index < -0.39 is 0 Å². The summed E-state index contributed by atoms with van der Waals surface area (Å²) in [7, 11) is 0. The Labute approximate surface area is 140 Å². The van der Waals surface area contributed by atoms with E-state index in [0.29, 0.717) is 17.1 Å². The maximum atomic E-state index is 12.0.